The third kappa shape index (κ3) is 3.62. The number of amides is 2. The van der Waals surface area contributed by atoms with Crippen LogP contribution in [0.15, 0.2) is 24.3 Å². The number of fused-ring (bicyclic) bond motifs is 1. The van der Waals surface area contributed by atoms with Gasteiger partial charge in [-0.25, -0.2) is 18.0 Å². The molecule has 0 fully saturated rings. The van der Waals surface area contributed by atoms with Gasteiger partial charge in [0.1, 0.15) is 11.4 Å². The molecule has 0 N–H and O–H groups in total. The minimum atomic E-state index is -1.54. The largest absolute Gasteiger partial charge is 0.449 e. The number of rotatable bonds is 3. The predicted octanol–water partition coefficient (Wildman–Crippen LogP) is 5.12. The third-order valence-electron chi connectivity index (χ3n) is 5.34. The number of hydrogen-bond donors (Lipinski definition) is 0. The Morgan fingerprint density at radius 1 is 1.03 bits per heavy atom. The van der Waals surface area contributed by atoms with Crippen LogP contribution in [-0.4, -0.2) is 31.2 Å². The highest BCUT2D eigenvalue weighted by atomic mass is 19.2. The molecule has 0 bridgehead atoms. The Morgan fingerprint density at radius 3 is 2.23 bits per heavy atom. The molecule has 2 aromatic rings. The summed E-state index contributed by atoms with van der Waals surface area (Å²) >= 11 is 0. The van der Waals surface area contributed by atoms with Gasteiger partial charge >= 0.3 is 6.09 Å². The molecule has 0 saturated carbocycles. The number of aryl methyl sites for hydroxylation is 2. The van der Waals surface area contributed by atoms with E-state index >= 15 is 0 Å². The van der Waals surface area contributed by atoms with Gasteiger partial charge in [0.2, 0.25) is 0 Å². The Bertz CT molecular complexity index is 1010. The van der Waals surface area contributed by atoms with Gasteiger partial charge in [0.05, 0.1) is 24.0 Å². The van der Waals surface area contributed by atoms with Crippen LogP contribution >= 0.6 is 0 Å². The molecule has 0 aromatic heterocycles. The first kappa shape index (κ1) is 21.7. The quantitative estimate of drug-likeness (QED) is 0.648. The van der Waals surface area contributed by atoms with Crippen LogP contribution in [0.1, 0.15) is 41.8 Å². The number of hydrogen-bond acceptors (Lipinski definition) is 3. The van der Waals surface area contributed by atoms with Gasteiger partial charge < -0.3 is 9.64 Å². The summed E-state index contributed by atoms with van der Waals surface area (Å²) in [6, 6.07) is 4.29. The van der Waals surface area contributed by atoms with E-state index in [2.05, 4.69) is 0 Å². The van der Waals surface area contributed by atoms with Gasteiger partial charge in [-0.15, -0.1) is 0 Å². The molecule has 1 atom stereocenters. The average Bonchev–Trinajstić information content (AvgIpc) is 2.70. The number of halogens is 3. The minimum absolute atomic E-state index is 0.0148. The third-order valence-corrected chi connectivity index (χ3v) is 5.34. The summed E-state index contributed by atoms with van der Waals surface area (Å²) in [6.45, 7) is 7.35. The first-order valence-corrected chi connectivity index (χ1v) is 9.73. The molecule has 0 spiro atoms. The zero-order valence-corrected chi connectivity index (χ0v) is 17.3. The van der Waals surface area contributed by atoms with E-state index in [9.17, 15) is 22.8 Å². The number of anilines is 2. The predicted molar refractivity (Wildman–Crippen MR) is 107 cm³/mol. The molecule has 0 aliphatic carbocycles. The fraction of sp³-hybridized carbons (Fsp3) is 0.364. The maximum Gasteiger partial charge on any atom is 0.414 e. The smallest absolute Gasteiger partial charge is 0.414 e. The van der Waals surface area contributed by atoms with Gasteiger partial charge in [0, 0.05) is 6.54 Å². The van der Waals surface area contributed by atoms with Crippen molar-refractivity contribution in [3.05, 3.63) is 58.4 Å². The van der Waals surface area contributed by atoms with Crippen LogP contribution in [0.2, 0.25) is 0 Å². The Morgan fingerprint density at radius 2 is 1.63 bits per heavy atom. The number of carbonyl (C=O) groups excluding carboxylic acids is 2. The lowest BCUT2D eigenvalue weighted by molar-refractivity contribution is 0.0972. The van der Waals surface area contributed by atoms with Crippen molar-refractivity contribution in [3.63, 3.8) is 0 Å². The molecule has 1 unspecified atom stereocenters. The van der Waals surface area contributed by atoms with Crippen molar-refractivity contribution in [1.82, 2.24) is 0 Å². The summed E-state index contributed by atoms with van der Waals surface area (Å²) < 4.78 is 47.5. The highest BCUT2D eigenvalue weighted by Gasteiger charge is 2.39. The first-order valence-electron chi connectivity index (χ1n) is 9.73. The molecular formula is C22H23F3N2O3. The van der Waals surface area contributed by atoms with E-state index in [1.165, 1.54) is 9.80 Å². The lowest BCUT2D eigenvalue weighted by Crippen LogP contribution is -2.53. The fourth-order valence-corrected chi connectivity index (χ4v) is 3.58. The second-order valence-corrected chi connectivity index (χ2v) is 7.19. The Kier molecular flexibility index (Phi) is 6.05. The number of benzene rings is 2. The summed E-state index contributed by atoms with van der Waals surface area (Å²) in [4.78, 5) is 28.5. The minimum Gasteiger partial charge on any atom is -0.449 e. The molecule has 0 saturated heterocycles. The van der Waals surface area contributed by atoms with Crippen molar-refractivity contribution in [2.24, 2.45) is 0 Å². The van der Waals surface area contributed by atoms with Gasteiger partial charge in [-0.05, 0) is 62.6 Å². The molecule has 5 nitrogen and oxygen atoms in total. The Balaban J connectivity index is 2.19. The first-order chi connectivity index (χ1) is 14.2. The van der Waals surface area contributed by atoms with E-state index in [-0.39, 0.29) is 13.2 Å². The van der Waals surface area contributed by atoms with Crippen molar-refractivity contribution >= 4 is 23.4 Å². The molecule has 8 heteroatoms. The SMILES string of the molecule is CCOC(=O)N1c2cc(C)c(C)cc2N(C(=O)c2c(F)ccc(F)c2F)CC1CC. The fourth-order valence-electron chi connectivity index (χ4n) is 3.58. The molecular weight excluding hydrogens is 397 g/mol. The topological polar surface area (TPSA) is 49.9 Å². The Labute approximate surface area is 173 Å². The lowest BCUT2D eigenvalue weighted by Gasteiger charge is -2.42. The molecule has 2 aromatic carbocycles. The number of carbonyl (C=O) groups is 2. The molecule has 1 aliphatic heterocycles. The zero-order chi connectivity index (χ0) is 22.2. The van der Waals surface area contributed by atoms with Crippen molar-refractivity contribution in [2.45, 2.75) is 40.2 Å². The molecule has 1 aliphatic rings. The summed E-state index contributed by atoms with van der Waals surface area (Å²) in [5.74, 6) is -5.00. The van der Waals surface area contributed by atoms with Crippen LogP contribution in [0.5, 0.6) is 0 Å². The van der Waals surface area contributed by atoms with Gasteiger partial charge in [-0.2, -0.15) is 0 Å². The van der Waals surface area contributed by atoms with Gasteiger partial charge in [-0.1, -0.05) is 6.92 Å². The van der Waals surface area contributed by atoms with E-state index in [1.54, 1.807) is 19.1 Å². The molecule has 160 valence electrons. The van der Waals surface area contributed by atoms with Crippen molar-refractivity contribution < 1.29 is 27.5 Å². The van der Waals surface area contributed by atoms with Crippen molar-refractivity contribution in [1.29, 1.82) is 0 Å². The normalized spacial score (nSPS) is 15.8. The van der Waals surface area contributed by atoms with Crippen LogP contribution in [-0.2, 0) is 4.74 Å². The standard InChI is InChI=1S/C22H23F3N2O3/c1-5-14-11-26(21(28)19-15(23)7-8-16(24)20(19)25)17-9-12(3)13(4)10-18(17)27(14)22(29)30-6-2/h7-10,14H,5-6,11H2,1-4H3. The highest BCUT2D eigenvalue weighted by molar-refractivity contribution is 6.10. The van der Waals surface area contributed by atoms with E-state index in [0.717, 1.165) is 17.2 Å². The van der Waals surface area contributed by atoms with Crippen molar-refractivity contribution in [3.8, 4) is 0 Å². The molecule has 3 rings (SSSR count). The lowest BCUT2D eigenvalue weighted by atomic mass is 9.99. The summed E-state index contributed by atoms with van der Waals surface area (Å²) in [5, 5.41) is 0. The number of nitrogens with zero attached hydrogens (tertiary/aromatic N) is 2. The van der Waals surface area contributed by atoms with E-state index in [4.69, 9.17) is 4.74 Å². The van der Waals surface area contributed by atoms with Crippen LogP contribution < -0.4 is 9.80 Å². The maximum atomic E-state index is 14.3. The van der Waals surface area contributed by atoms with Gasteiger partial charge in [0.25, 0.3) is 5.91 Å². The molecule has 1 heterocycles. The second-order valence-electron chi connectivity index (χ2n) is 7.19. The Hall–Kier alpha value is -3.03. The van der Waals surface area contributed by atoms with Crippen LogP contribution in [0.25, 0.3) is 0 Å². The van der Waals surface area contributed by atoms with E-state index in [0.29, 0.717) is 23.9 Å². The van der Waals surface area contributed by atoms with Crippen LogP contribution in [0, 0.1) is 31.3 Å². The monoisotopic (exact) mass is 420 g/mol. The summed E-state index contributed by atoms with van der Waals surface area (Å²) in [6.07, 6.45) is -0.104. The van der Waals surface area contributed by atoms with E-state index in [1.807, 2.05) is 20.8 Å². The summed E-state index contributed by atoms with van der Waals surface area (Å²) in [7, 11) is 0. The highest BCUT2D eigenvalue weighted by Crippen LogP contribution is 2.40. The molecule has 2 amide bonds. The number of ether oxygens (including phenoxy) is 1. The van der Waals surface area contributed by atoms with Crippen molar-refractivity contribution in [2.75, 3.05) is 23.0 Å². The van der Waals surface area contributed by atoms with Crippen LogP contribution in [0.3, 0.4) is 0 Å². The zero-order valence-electron chi connectivity index (χ0n) is 17.3. The molecule has 30 heavy (non-hydrogen) atoms. The van der Waals surface area contributed by atoms with Gasteiger partial charge in [0.15, 0.2) is 11.6 Å². The maximum absolute atomic E-state index is 14.3. The van der Waals surface area contributed by atoms with E-state index < -0.39 is 41.1 Å². The summed E-state index contributed by atoms with van der Waals surface area (Å²) in [5.41, 5.74) is 1.45. The van der Waals surface area contributed by atoms with Crippen LogP contribution in [0.4, 0.5) is 29.3 Å². The van der Waals surface area contributed by atoms with Gasteiger partial charge in [-0.3, -0.25) is 9.69 Å². The average molecular weight is 420 g/mol. The second kappa shape index (κ2) is 8.38. The molecule has 0 radical (unpaired) electrons.